The van der Waals surface area contributed by atoms with E-state index in [1.54, 1.807) is 19.2 Å². The van der Waals surface area contributed by atoms with Crippen molar-refractivity contribution in [1.29, 1.82) is 0 Å². The minimum Gasteiger partial charge on any atom is -0.495 e. The van der Waals surface area contributed by atoms with Crippen LogP contribution in [0.25, 0.3) is 0 Å². The van der Waals surface area contributed by atoms with Crippen LogP contribution in [0.15, 0.2) is 16.6 Å². The van der Waals surface area contributed by atoms with Gasteiger partial charge in [0.1, 0.15) is 11.5 Å². The molecule has 4 heteroatoms. The van der Waals surface area contributed by atoms with Gasteiger partial charge in [0.15, 0.2) is 0 Å². The summed E-state index contributed by atoms with van der Waals surface area (Å²) in [7, 11) is 3.10. The molecule has 0 aromatic heterocycles. The Morgan fingerprint density at radius 1 is 1.17 bits per heavy atom. The summed E-state index contributed by atoms with van der Waals surface area (Å²) in [4.78, 5) is 0. The number of hydrogen-bond acceptors (Lipinski definition) is 2. The molecule has 0 heterocycles. The fourth-order valence-corrected chi connectivity index (χ4v) is 1.34. The quantitative estimate of drug-likeness (QED) is 0.784. The first-order valence-corrected chi connectivity index (χ1v) is 4.11. The largest absolute Gasteiger partial charge is 0.495 e. The first kappa shape index (κ1) is 9.19. The lowest BCUT2D eigenvalue weighted by molar-refractivity contribution is 0.401. The third-order valence-corrected chi connectivity index (χ3v) is 2.09. The van der Waals surface area contributed by atoms with Gasteiger partial charge in [-0.25, -0.2) is 0 Å². The van der Waals surface area contributed by atoms with Crippen molar-refractivity contribution in [3.8, 4) is 11.5 Å². The van der Waals surface area contributed by atoms with Crippen LogP contribution in [0.5, 0.6) is 11.5 Å². The molecule has 3 nitrogen and oxygen atoms in total. The monoisotopic (exact) mass is 230 g/mol. The van der Waals surface area contributed by atoms with E-state index in [9.17, 15) is 0 Å². The molecule has 0 amide bonds. The van der Waals surface area contributed by atoms with E-state index in [0.717, 1.165) is 4.47 Å². The minimum atomic E-state index is 0.317. The Morgan fingerprint density at radius 3 is 2.25 bits per heavy atom. The zero-order valence-electron chi connectivity index (χ0n) is 6.85. The Balaban J connectivity index is 3.16. The second-order valence-electron chi connectivity index (χ2n) is 2.19. The summed E-state index contributed by atoms with van der Waals surface area (Å²) in [6.07, 6.45) is 0. The topological polar surface area (TPSA) is 42.3 Å². The predicted molar refractivity (Wildman–Crippen MR) is 50.0 cm³/mol. The second-order valence-corrected chi connectivity index (χ2v) is 3.04. The molecule has 0 aliphatic heterocycles. The van der Waals surface area contributed by atoms with E-state index in [0.29, 0.717) is 17.2 Å². The number of hydrogen-bond donors (Lipinski definition) is 0. The van der Waals surface area contributed by atoms with Crippen LogP contribution in [-0.4, -0.2) is 14.2 Å². The molecule has 1 aromatic carbocycles. The van der Waals surface area contributed by atoms with Gasteiger partial charge in [-0.1, -0.05) is 0 Å². The van der Waals surface area contributed by atoms with Crippen LogP contribution < -0.4 is 15.2 Å². The number of benzene rings is 1. The molecule has 0 atom stereocenters. The predicted octanol–water partition coefficient (Wildman–Crippen LogP) is 2.38. The lowest BCUT2D eigenvalue weighted by Gasteiger charge is -2.07. The highest BCUT2D eigenvalue weighted by Gasteiger charge is 2.06. The highest BCUT2D eigenvalue weighted by Crippen LogP contribution is 2.34. The van der Waals surface area contributed by atoms with E-state index < -0.39 is 0 Å². The molecular weight excluding hydrogens is 222 g/mol. The van der Waals surface area contributed by atoms with Crippen molar-refractivity contribution in [3.63, 3.8) is 0 Å². The number of methoxy groups -OCH3 is 2. The van der Waals surface area contributed by atoms with Gasteiger partial charge < -0.3 is 9.47 Å². The molecule has 12 heavy (non-hydrogen) atoms. The summed E-state index contributed by atoms with van der Waals surface area (Å²) in [5, 5.41) is 0. The van der Waals surface area contributed by atoms with Crippen LogP contribution in [0.2, 0.25) is 0 Å². The maximum atomic E-state index is 7.49. The number of halogens is 1. The summed E-state index contributed by atoms with van der Waals surface area (Å²) in [5.74, 6) is 1.17. The Morgan fingerprint density at radius 2 is 1.75 bits per heavy atom. The summed E-state index contributed by atoms with van der Waals surface area (Å²) < 4.78 is 10.7. The smallest absolute Gasteiger partial charge is 0.145 e. The summed E-state index contributed by atoms with van der Waals surface area (Å²) in [5.41, 5.74) is 7.80. The van der Waals surface area contributed by atoms with Crippen molar-refractivity contribution in [2.45, 2.75) is 0 Å². The second kappa shape index (κ2) is 3.67. The Hall–Kier alpha value is -0.900. The molecule has 0 saturated heterocycles. The molecule has 1 rings (SSSR count). The van der Waals surface area contributed by atoms with Gasteiger partial charge in [-0.15, -0.1) is 0 Å². The maximum Gasteiger partial charge on any atom is 0.145 e. The van der Waals surface area contributed by atoms with Crippen molar-refractivity contribution in [2.24, 2.45) is 0 Å². The van der Waals surface area contributed by atoms with Gasteiger partial charge in [0, 0.05) is 12.1 Å². The van der Waals surface area contributed by atoms with Gasteiger partial charge in [0.25, 0.3) is 0 Å². The molecule has 65 valence electrons. The number of nitrogens with one attached hydrogen (secondary N) is 1. The lowest BCUT2D eigenvalue weighted by Crippen LogP contribution is -1.89. The van der Waals surface area contributed by atoms with Gasteiger partial charge in [0.2, 0.25) is 0 Å². The summed E-state index contributed by atoms with van der Waals surface area (Å²) >= 11 is 3.29. The van der Waals surface area contributed by atoms with E-state index in [4.69, 9.17) is 15.2 Å². The Bertz CT molecular complexity index is 259. The van der Waals surface area contributed by atoms with Crippen LogP contribution in [0.4, 0.5) is 5.69 Å². The SMILES string of the molecule is COc1cc(Br)c(OC)cc1[NH]. The molecule has 0 spiro atoms. The van der Waals surface area contributed by atoms with E-state index in [2.05, 4.69) is 15.9 Å². The molecule has 0 fully saturated rings. The van der Waals surface area contributed by atoms with E-state index in [1.807, 2.05) is 0 Å². The van der Waals surface area contributed by atoms with Gasteiger partial charge >= 0.3 is 0 Å². The van der Waals surface area contributed by atoms with Gasteiger partial charge in [-0.2, -0.15) is 0 Å². The van der Waals surface area contributed by atoms with Crippen LogP contribution in [0, 0.1) is 0 Å². The molecular formula is C8H9BrNO2. The molecule has 1 N–H and O–H groups in total. The zero-order chi connectivity index (χ0) is 9.14. The first-order valence-electron chi connectivity index (χ1n) is 3.32. The van der Waals surface area contributed by atoms with Crippen molar-refractivity contribution < 1.29 is 9.47 Å². The van der Waals surface area contributed by atoms with Crippen molar-refractivity contribution in [3.05, 3.63) is 16.6 Å². The fourth-order valence-electron chi connectivity index (χ4n) is 0.860. The van der Waals surface area contributed by atoms with E-state index >= 15 is 0 Å². The van der Waals surface area contributed by atoms with Crippen molar-refractivity contribution >= 4 is 21.6 Å². The molecule has 0 aliphatic carbocycles. The van der Waals surface area contributed by atoms with Crippen LogP contribution in [-0.2, 0) is 0 Å². The van der Waals surface area contributed by atoms with Gasteiger partial charge in [0.05, 0.1) is 24.4 Å². The third-order valence-electron chi connectivity index (χ3n) is 1.47. The number of rotatable bonds is 2. The Kier molecular flexibility index (Phi) is 2.81. The van der Waals surface area contributed by atoms with Gasteiger partial charge in [-0.05, 0) is 15.9 Å². The highest BCUT2D eigenvalue weighted by atomic mass is 79.9. The van der Waals surface area contributed by atoms with E-state index in [-0.39, 0.29) is 0 Å². The fraction of sp³-hybridized carbons (Fsp3) is 0.250. The van der Waals surface area contributed by atoms with Crippen molar-refractivity contribution in [2.75, 3.05) is 14.2 Å². The lowest BCUT2D eigenvalue weighted by atomic mass is 10.3. The Labute approximate surface area is 79.6 Å². The maximum absolute atomic E-state index is 7.49. The molecule has 0 unspecified atom stereocenters. The zero-order valence-corrected chi connectivity index (χ0v) is 8.44. The average molecular weight is 231 g/mol. The molecule has 0 aliphatic rings. The molecule has 0 bridgehead atoms. The first-order chi connectivity index (χ1) is 5.69. The molecule has 0 saturated carbocycles. The highest BCUT2D eigenvalue weighted by molar-refractivity contribution is 9.10. The number of ether oxygens (including phenoxy) is 2. The van der Waals surface area contributed by atoms with Gasteiger partial charge in [-0.3, -0.25) is 5.73 Å². The normalized spacial score (nSPS) is 9.58. The summed E-state index contributed by atoms with van der Waals surface area (Å²) in [6, 6.07) is 3.31. The average Bonchev–Trinajstić information content (AvgIpc) is 2.08. The van der Waals surface area contributed by atoms with Crippen LogP contribution in [0.1, 0.15) is 0 Å². The van der Waals surface area contributed by atoms with Crippen LogP contribution in [0.3, 0.4) is 0 Å². The van der Waals surface area contributed by atoms with E-state index in [1.165, 1.54) is 7.11 Å². The minimum absolute atomic E-state index is 0.317. The molecule has 1 radical (unpaired) electrons. The summed E-state index contributed by atoms with van der Waals surface area (Å²) in [6.45, 7) is 0. The van der Waals surface area contributed by atoms with Crippen LogP contribution >= 0.6 is 15.9 Å². The standard InChI is InChI=1S/C8H9BrNO2/c1-11-7-4-6(10)8(12-2)3-5(7)9/h3-4,10H,1-2H3. The van der Waals surface area contributed by atoms with Crippen molar-refractivity contribution in [1.82, 2.24) is 5.73 Å². The molecule has 1 aromatic rings. The third kappa shape index (κ3) is 1.64.